The molecule has 2 aromatic rings. The predicted octanol–water partition coefficient (Wildman–Crippen LogP) is 4.89. The van der Waals surface area contributed by atoms with Crippen LogP contribution >= 0.6 is 27.5 Å². The van der Waals surface area contributed by atoms with E-state index in [9.17, 15) is 9.18 Å². The minimum Gasteiger partial charge on any atom is -0.492 e. The number of rotatable bonds is 4. The number of nitrogens with one attached hydrogen (secondary N) is 1. The maximum atomic E-state index is 13.8. The maximum Gasteiger partial charge on any atom is 0.259 e. The lowest BCUT2D eigenvalue weighted by Crippen LogP contribution is -2.15. The molecule has 6 heteroatoms. The Labute approximate surface area is 135 Å². The van der Waals surface area contributed by atoms with Gasteiger partial charge < -0.3 is 10.1 Å². The van der Waals surface area contributed by atoms with Crippen LogP contribution in [0.15, 0.2) is 40.9 Å². The van der Waals surface area contributed by atoms with E-state index in [0.29, 0.717) is 27.5 Å². The minimum atomic E-state index is -0.609. The van der Waals surface area contributed by atoms with E-state index in [0.717, 1.165) is 0 Å². The SMILES string of the molecule is CCOc1ccc(Cl)cc1NC(=O)c1c(F)cccc1Br. The molecule has 0 spiro atoms. The molecule has 0 fully saturated rings. The lowest BCUT2D eigenvalue weighted by Gasteiger charge is -2.13. The lowest BCUT2D eigenvalue weighted by atomic mass is 10.2. The topological polar surface area (TPSA) is 38.3 Å². The Morgan fingerprint density at radius 3 is 2.81 bits per heavy atom. The Morgan fingerprint density at radius 2 is 2.14 bits per heavy atom. The first-order valence-corrected chi connectivity index (χ1v) is 7.37. The Hall–Kier alpha value is -1.59. The van der Waals surface area contributed by atoms with Gasteiger partial charge in [-0.1, -0.05) is 17.7 Å². The summed E-state index contributed by atoms with van der Waals surface area (Å²) in [7, 11) is 0. The van der Waals surface area contributed by atoms with Crippen molar-refractivity contribution < 1.29 is 13.9 Å². The van der Waals surface area contributed by atoms with Crippen LogP contribution < -0.4 is 10.1 Å². The van der Waals surface area contributed by atoms with Crippen LogP contribution in [-0.2, 0) is 0 Å². The fourth-order valence-electron chi connectivity index (χ4n) is 1.78. The van der Waals surface area contributed by atoms with Gasteiger partial charge >= 0.3 is 0 Å². The van der Waals surface area contributed by atoms with Crippen molar-refractivity contribution in [2.24, 2.45) is 0 Å². The molecule has 2 aromatic carbocycles. The van der Waals surface area contributed by atoms with E-state index in [1.165, 1.54) is 12.1 Å². The van der Waals surface area contributed by atoms with E-state index in [-0.39, 0.29) is 5.56 Å². The normalized spacial score (nSPS) is 10.3. The van der Waals surface area contributed by atoms with Crippen molar-refractivity contribution in [3.05, 3.63) is 57.3 Å². The molecule has 0 unspecified atom stereocenters. The summed E-state index contributed by atoms with van der Waals surface area (Å²) in [5.41, 5.74) is 0.324. The Bertz CT molecular complexity index is 658. The summed E-state index contributed by atoms with van der Waals surface area (Å²) in [6.45, 7) is 2.27. The van der Waals surface area contributed by atoms with Crippen molar-refractivity contribution >= 4 is 39.1 Å². The molecule has 0 aliphatic carbocycles. The second-order valence-electron chi connectivity index (χ2n) is 4.12. The highest BCUT2D eigenvalue weighted by Crippen LogP contribution is 2.29. The molecule has 0 saturated carbocycles. The predicted molar refractivity (Wildman–Crippen MR) is 84.7 cm³/mol. The zero-order valence-electron chi connectivity index (χ0n) is 11.1. The van der Waals surface area contributed by atoms with E-state index < -0.39 is 11.7 Å². The molecule has 0 saturated heterocycles. The van der Waals surface area contributed by atoms with Crippen LogP contribution in [0.25, 0.3) is 0 Å². The van der Waals surface area contributed by atoms with Crippen LogP contribution in [0.4, 0.5) is 10.1 Å². The number of anilines is 1. The van der Waals surface area contributed by atoms with Crippen LogP contribution in [0, 0.1) is 5.82 Å². The molecular formula is C15H12BrClFNO2. The maximum absolute atomic E-state index is 13.8. The second-order valence-corrected chi connectivity index (χ2v) is 5.42. The molecule has 0 atom stereocenters. The molecule has 0 heterocycles. The number of hydrogen-bond acceptors (Lipinski definition) is 2. The molecule has 0 aliphatic heterocycles. The third-order valence-electron chi connectivity index (χ3n) is 2.68. The monoisotopic (exact) mass is 371 g/mol. The molecule has 0 bridgehead atoms. The highest BCUT2D eigenvalue weighted by atomic mass is 79.9. The summed E-state index contributed by atoms with van der Waals surface area (Å²) in [5.74, 6) is -0.715. The summed E-state index contributed by atoms with van der Waals surface area (Å²) in [6, 6.07) is 9.19. The number of carbonyl (C=O) groups is 1. The molecule has 110 valence electrons. The molecule has 21 heavy (non-hydrogen) atoms. The van der Waals surface area contributed by atoms with E-state index in [4.69, 9.17) is 16.3 Å². The molecule has 0 aliphatic rings. The highest BCUT2D eigenvalue weighted by Gasteiger charge is 2.17. The van der Waals surface area contributed by atoms with Gasteiger partial charge in [-0.05, 0) is 53.2 Å². The third kappa shape index (κ3) is 3.74. The molecular weight excluding hydrogens is 361 g/mol. The van der Waals surface area contributed by atoms with Gasteiger partial charge in [0.1, 0.15) is 11.6 Å². The van der Waals surface area contributed by atoms with Gasteiger partial charge in [0.15, 0.2) is 0 Å². The first kappa shape index (κ1) is 15.8. The highest BCUT2D eigenvalue weighted by molar-refractivity contribution is 9.10. The number of hydrogen-bond donors (Lipinski definition) is 1. The number of ether oxygens (including phenoxy) is 1. The van der Waals surface area contributed by atoms with Gasteiger partial charge in [-0.15, -0.1) is 0 Å². The largest absolute Gasteiger partial charge is 0.492 e. The zero-order valence-corrected chi connectivity index (χ0v) is 13.5. The van der Waals surface area contributed by atoms with E-state index in [1.54, 1.807) is 24.3 Å². The fraction of sp³-hybridized carbons (Fsp3) is 0.133. The lowest BCUT2D eigenvalue weighted by molar-refractivity contribution is 0.102. The molecule has 0 radical (unpaired) electrons. The van der Waals surface area contributed by atoms with Crippen molar-refractivity contribution in [1.82, 2.24) is 0 Å². The van der Waals surface area contributed by atoms with Gasteiger partial charge in [-0.25, -0.2) is 4.39 Å². The van der Waals surface area contributed by atoms with Crippen molar-refractivity contribution in [1.29, 1.82) is 0 Å². The summed E-state index contributed by atoms with van der Waals surface area (Å²) in [6.07, 6.45) is 0. The number of halogens is 3. The average molecular weight is 373 g/mol. The van der Waals surface area contributed by atoms with Crippen LogP contribution in [-0.4, -0.2) is 12.5 Å². The van der Waals surface area contributed by atoms with Gasteiger partial charge in [-0.2, -0.15) is 0 Å². The Kier molecular flexibility index (Phi) is 5.20. The van der Waals surface area contributed by atoms with Crippen molar-refractivity contribution in [2.45, 2.75) is 6.92 Å². The van der Waals surface area contributed by atoms with Crippen molar-refractivity contribution in [3.63, 3.8) is 0 Å². The number of amides is 1. The van der Waals surface area contributed by atoms with Crippen LogP contribution in [0.1, 0.15) is 17.3 Å². The number of benzene rings is 2. The number of carbonyl (C=O) groups excluding carboxylic acids is 1. The molecule has 3 nitrogen and oxygen atoms in total. The van der Waals surface area contributed by atoms with Gasteiger partial charge in [-0.3, -0.25) is 4.79 Å². The van der Waals surface area contributed by atoms with E-state index in [2.05, 4.69) is 21.2 Å². The summed E-state index contributed by atoms with van der Waals surface area (Å²) < 4.78 is 19.6. The minimum absolute atomic E-state index is 0.0695. The smallest absolute Gasteiger partial charge is 0.259 e. The summed E-state index contributed by atoms with van der Waals surface area (Å²) in [4.78, 5) is 12.2. The zero-order chi connectivity index (χ0) is 15.4. The molecule has 1 amide bonds. The Balaban J connectivity index is 2.33. The van der Waals surface area contributed by atoms with E-state index >= 15 is 0 Å². The first-order valence-electron chi connectivity index (χ1n) is 6.20. The van der Waals surface area contributed by atoms with Crippen molar-refractivity contribution in [2.75, 3.05) is 11.9 Å². The molecule has 0 aromatic heterocycles. The second kappa shape index (κ2) is 6.91. The van der Waals surface area contributed by atoms with Gasteiger partial charge in [0, 0.05) is 9.50 Å². The standard InChI is InChI=1S/C15H12BrClFNO2/c1-2-21-13-7-6-9(17)8-12(13)19-15(20)14-10(16)4-3-5-11(14)18/h3-8H,2H2,1H3,(H,19,20). The summed E-state index contributed by atoms with van der Waals surface area (Å²) >= 11 is 9.09. The fourth-order valence-corrected chi connectivity index (χ4v) is 2.47. The van der Waals surface area contributed by atoms with Gasteiger partial charge in [0.25, 0.3) is 5.91 Å². The first-order chi connectivity index (χ1) is 10.0. The molecule has 2 rings (SSSR count). The summed E-state index contributed by atoms with van der Waals surface area (Å²) in [5, 5.41) is 3.06. The average Bonchev–Trinajstić information content (AvgIpc) is 2.42. The third-order valence-corrected chi connectivity index (χ3v) is 3.58. The van der Waals surface area contributed by atoms with Gasteiger partial charge in [0.2, 0.25) is 0 Å². The quantitative estimate of drug-likeness (QED) is 0.829. The van der Waals surface area contributed by atoms with Gasteiger partial charge in [0.05, 0.1) is 17.9 Å². The Morgan fingerprint density at radius 1 is 1.38 bits per heavy atom. The van der Waals surface area contributed by atoms with E-state index in [1.807, 2.05) is 6.92 Å². The van der Waals surface area contributed by atoms with Crippen molar-refractivity contribution in [3.8, 4) is 5.75 Å². The molecule has 1 N–H and O–H groups in total. The van der Waals surface area contributed by atoms with Crippen LogP contribution in [0.3, 0.4) is 0 Å². The van der Waals surface area contributed by atoms with Crippen LogP contribution in [0.2, 0.25) is 5.02 Å². The van der Waals surface area contributed by atoms with Crippen LogP contribution in [0.5, 0.6) is 5.75 Å².